The average Bonchev–Trinajstić information content (AvgIpc) is 3.23. The van der Waals surface area contributed by atoms with Crippen molar-refractivity contribution in [3.05, 3.63) is 131 Å². The summed E-state index contributed by atoms with van der Waals surface area (Å²) >= 11 is 0. The third-order valence-corrected chi connectivity index (χ3v) is 7.37. The molecule has 34 heavy (non-hydrogen) atoms. The van der Waals surface area contributed by atoms with Crippen molar-refractivity contribution in [2.45, 2.75) is 27.2 Å². The summed E-state index contributed by atoms with van der Waals surface area (Å²) in [6.45, 7) is 6.71. The van der Waals surface area contributed by atoms with Gasteiger partial charge in [0.25, 0.3) is 0 Å². The van der Waals surface area contributed by atoms with Crippen LogP contribution >= 0.6 is 0 Å². The van der Waals surface area contributed by atoms with Crippen LogP contribution in [0.1, 0.15) is 27.8 Å². The predicted octanol–water partition coefficient (Wildman–Crippen LogP) is 9.18. The summed E-state index contributed by atoms with van der Waals surface area (Å²) in [5.41, 5.74) is 17.6. The molecule has 0 spiro atoms. The maximum absolute atomic E-state index is 2.47. The van der Waals surface area contributed by atoms with Crippen molar-refractivity contribution >= 4 is 0 Å². The lowest BCUT2D eigenvalue weighted by Crippen LogP contribution is -1.99. The molecule has 0 saturated carbocycles. The van der Waals surface area contributed by atoms with Crippen molar-refractivity contribution in [1.82, 2.24) is 0 Å². The monoisotopic (exact) mass is 436 g/mol. The second-order valence-electron chi connectivity index (χ2n) is 9.48. The molecular formula is C34H28. The van der Waals surface area contributed by atoms with Gasteiger partial charge in [0.15, 0.2) is 0 Å². The van der Waals surface area contributed by atoms with Gasteiger partial charge in [-0.05, 0) is 106 Å². The molecule has 5 aromatic carbocycles. The van der Waals surface area contributed by atoms with Crippen LogP contribution in [-0.4, -0.2) is 0 Å². The van der Waals surface area contributed by atoms with Crippen LogP contribution in [0.25, 0.3) is 44.5 Å². The highest BCUT2D eigenvalue weighted by atomic mass is 14.3. The molecule has 0 nitrogen and oxygen atoms in total. The van der Waals surface area contributed by atoms with Crippen LogP contribution in [0.4, 0.5) is 0 Å². The molecule has 1 aliphatic carbocycles. The number of aryl methyl sites for hydroxylation is 3. The molecule has 0 N–H and O–H groups in total. The highest BCUT2D eigenvalue weighted by Gasteiger charge is 2.28. The van der Waals surface area contributed by atoms with Crippen molar-refractivity contribution in [1.29, 1.82) is 0 Å². The maximum atomic E-state index is 2.47. The first kappa shape index (κ1) is 20.7. The van der Waals surface area contributed by atoms with Crippen LogP contribution in [0, 0.1) is 20.8 Å². The minimum Gasteiger partial charge on any atom is -0.0620 e. The van der Waals surface area contributed by atoms with Gasteiger partial charge < -0.3 is 0 Å². The fourth-order valence-corrected chi connectivity index (χ4v) is 5.65. The van der Waals surface area contributed by atoms with E-state index in [1.807, 2.05) is 0 Å². The second kappa shape index (κ2) is 8.15. The van der Waals surface area contributed by atoms with E-state index in [-0.39, 0.29) is 0 Å². The Hall–Kier alpha value is -3.90. The summed E-state index contributed by atoms with van der Waals surface area (Å²) in [7, 11) is 0. The van der Waals surface area contributed by atoms with Gasteiger partial charge in [-0.3, -0.25) is 0 Å². The van der Waals surface area contributed by atoms with Crippen molar-refractivity contribution in [3.63, 3.8) is 0 Å². The van der Waals surface area contributed by atoms with E-state index in [0.717, 1.165) is 6.42 Å². The van der Waals surface area contributed by atoms with Gasteiger partial charge in [0.05, 0.1) is 0 Å². The van der Waals surface area contributed by atoms with Gasteiger partial charge in [0.2, 0.25) is 0 Å². The van der Waals surface area contributed by atoms with Crippen LogP contribution in [0.3, 0.4) is 0 Å². The minimum absolute atomic E-state index is 0.974. The van der Waals surface area contributed by atoms with E-state index in [4.69, 9.17) is 0 Å². The summed E-state index contributed by atoms with van der Waals surface area (Å²) in [5, 5.41) is 0. The Morgan fingerprint density at radius 3 is 1.47 bits per heavy atom. The van der Waals surface area contributed by atoms with Crippen molar-refractivity contribution in [3.8, 4) is 44.5 Å². The summed E-state index contributed by atoms with van der Waals surface area (Å²) in [5.74, 6) is 0. The molecule has 0 heteroatoms. The quantitative estimate of drug-likeness (QED) is 0.259. The zero-order chi connectivity index (χ0) is 23.2. The lowest BCUT2D eigenvalue weighted by molar-refractivity contribution is 1.26. The Morgan fingerprint density at radius 1 is 0.412 bits per heavy atom. The standard InChI is InChI=1S/C34H28/c1-22-12-4-8-16-26(22)32-21-30-29-19-11-7-15-25(29)20-31(30)33(27-17-9-5-13-23(27)2)34(32)28-18-10-6-14-24(28)3/h4-19,21H,20H2,1-3H3. The highest BCUT2D eigenvalue weighted by Crippen LogP contribution is 2.51. The summed E-state index contributed by atoms with van der Waals surface area (Å²) in [6, 6.07) is 37.9. The van der Waals surface area contributed by atoms with E-state index in [2.05, 4.69) is 124 Å². The van der Waals surface area contributed by atoms with Gasteiger partial charge in [-0.1, -0.05) is 97.1 Å². The van der Waals surface area contributed by atoms with Gasteiger partial charge in [-0.2, -0.15) is 0 Å². The van der Waals surface area contributed by atoms with Crippen molar-refractivity contribution < 1.29 is 0 Å². The third-order valence-electron chi connectivity index (χ3n) is 7.37. The van der Waals surface area contributed by atoms with Gasteiger partial charge in [-0.15, -0.1) is 0 Å². The van der Waals surface area contributed by atoms with Crippen LogP contribution in [0.15, 0.2) is 103 Å². The molecule has 0 amide bonds. The number of benzene rings is 5. The average molecular weight is 437 g/mol. The zero-order valence-corrected chi connectivity index (χ0v) is 20.0. The Labute approximate surface area is 202 Å². The number of rotatable bonds is 3. The molecule has 6 rings (SSSR count). The SMILES string of the molecule is Cc1ccccc1-c1cc2c(c(-c3ccccc3C)c1-c1ccccc1C)Cc1ccccc1-2. The molecule has 0 radical (unpaired) electrons. The molecule has 0 fully saturated rings. The van der Waals surface area contributed by atoms with Gasteiger partial charge in [0, 0.05) is 0 Å². The fraction of sp³-hybridized carbons (Fsp3) is 0.118. The number of fused-ring (bicyclic) bond motifs is 3. The van der Waals surface area contributed by atoms with E-state index < -0.39 is 0 Å². The third kappa shape index (κ3) is 3.22. The Morgan fingerprint density at radius 2 is 0.882 bits per heavy atom. The summed E-state index contributed by atoms with van der Waals surface area (Å²) < 4.78 is 0. The van der Waals surface area contributed by atoms with E-state index in [0.29, 0.717) is 0 Å². The smallest absolute Gasteiger partial charge is 0.000705 e. The molecule has 0 unspecified atom stereocenters. The van der Waals surface area contributed by atoms with E-state index in [1.165, 1.54) is 72.3 Å². The topological polar surface area (TPSA) is 0 Å². The van der Waals surface area contributed by atoms with E-state index >= 15 is 0 Å². The molecule has 0 aromatic heterocycles. The predicted molar refractivity (Wildman–Crippen MR) is 145 cm³/mol. The molecule has 0 heterocycles. The Bertz CT molecular complexity index is 1550. The van der Waals surface area contributed by atoms with Crippen molar-refractivity contribution in [2.75, 3.05) is 0 Å². The van der Waals surface area contributed by atoms with Gasteiger partial charge in [0.1, 0.15) is 0 Å². The fourth-order valence-electron chi connectivity index (χ4n) is 5.65. The summed E-state index contributed by atoms with van der Waals surface area (Å²) in [6.07, 6.45) is 0.974. The van der Waals surface area contributed by atoms with Crippen molar-refractivity contribution in [2.24, 2.45) is 0 Å². The zero-order valence-electron chi connectivity index (χ0n) is 20.0. The Balaban J connectivity index is 1.82. The molecule has 0 atom stereocenters. The summed E-state index contributed by atoms with van der Waals surface area (Å²) in [4.78, 5) is 0. The molecule has 0 aliphatic heterocycles. The van der Waals surface area contributed by atoms with Gasteiger partial charge >= 0.3 is 0 Å². The Kier molecular flexibility index (Phi) is 4.96. The van der Waals surface area contributed by atoms with Crippen LogP contribution in [0.2, 0.25) is 0 Å². The van der Waals surface area contributed by atoms with E-state index in [9.17, 15) is 0 Å². The lowest BCUT2D eigenvalue weighted by Gasteiger charge is -2.23. The van der Waals surface area contributed by atoms with Crippen LogP contribution in [-0.2, 0) is 6.42 Å². The normalized spacial score (nSPS) is 11.9. The molecule has 164 valence electrons. The molecule has 5 aromatic rings. The largest absolute Gasteiger partial charge is 0.0620 e. The molecular weight excluding hydrogens is 408 g/mol. The number of hydrogen-bond donors (Lipinski definition) is 0. The first-order valence-corrected chi connectivity index (χ1v) is 12.1. The van der Waals surface area contributed by atoms with Crippen LogP contribution in [0.5, 0.6) is 0 Å². The lowest BCUT2D eigenvalue weighted by atomic mass is 9.80. The number of hydrogen-bond acceptors (Lipinski definition) is 0. The molecule has 0 bridgehead atoms. The second-order valence-corrected chi connectivity index (χ2v) is 9.48. The minimum atomic E-state index is 0.974. The molecule has 0 saturated heterocycles. The first-order valence-electron chi connectivity index (χ1n) is 12.1. The van der Waals surface area contributed by atoms with Gasteiger partial charge in [-0.25, -0.2) is 0 Å². The maximum Gasteiger partial charge on any atom is -0.000705 e. The molecule has 1 aliphatic rings. The first-order chi connectivity index (χ1) is 16.6. The highest BCUT2D eigenvalue weighted by molar-refractivity contribution is 6.03. The van der Waals surface area contributed by atoms with Crippen LogP contribution < -0.4 is 0 Å². The van der Waals surface area contributed by atoms with E-state index in [1.54, 1.807) is 0 Å².